The second-order valence-corrected chi connectivity index (χ2v) is 8.52. The van der Waals surface area contributed by atoms with Gasteiger partial charge in [0.25, 0.3) is 11.5 Å². The van der Waals surface area contributed by atoms with Crippen molar-refractivity contribution in [2.45, 2.75) is 0 Å². The lowest BCUT2D eigenvalue weighted by atomic mass is 10.2. The molecule has 0 aliphatic heterocycles. The molecule has 1 amide bonds. The third-order valence-corrected chi connectivity index (χ3v) is 6.37. The average Bonchev–Trinajstić information content (AvgIpc) is 3.17. The Morgan fingerprint density at radius 1 is 1.06 bits per heavy atom. The topological polar surface area (TPSA) is 84.1 Å². The lowest BCUT2D eigenvalue weighted by Gasteiger charge is -2.06. The molecule has 6 nitrogen and oxygen atoms in total. The minimum absolute atomic E-state index is 0.180. The Balaban J connectivity index is 1.92. The van der Waals surface area contributed by atoms with Crippen LogP contribution in [0, 0.1) is 11.3 Å². The summed E-state index contributed by atoms with van der Waals surface area (Å²) >= 11 is 7.33. The predicted molar refractivity (Wildman–Crippen MR) is 135 cm³/mol. The molecule has 4 rings (SSSR count). The van der Waals surface area contributed by atoms with Crippen molar-refractivity contribution in [2.75, 3.05) is 12.4 Å². The molecule has 4 aromatic rings. The molecule has 0 aliphatic rings. The van der Waals surface area contributed by atoms with Gasteiger partial charge < -0.3 is 10.1 Å². The van der Waals surface area contributed by atoms with E-state index in [4.69, 9.17) is 16.3 Å². The number of rotatable bonds is 5. The highest BCUT2D eigenvalue weighted by molar-refractivity contribution is 7.07. The van der Waals surface area contributed by atoms with Crippen LogP contribution in [0.25, 0.3) is 17.3 Å². The van der Waals surface area contributed by atoms with E-state index in [1.807, 2.05) is 18.2 Å². The number of carbonyl (C=O) groups is 1. The molecule has 0 radical (unpaired) electrons. The van der Waals surface area contributed by atoms with Crippen LogP contribution in [0.15, 0.2) is 83.7 Å². The quantitative estimate of drug-likeness (QED) is 0.465. The van der Waals surface area contributed by atoms with E-state index in [0.717, 1.165) is 11.3 Å². The van der Waals surface area contributed by atoms with Crippen molar-refractivity contribution in [1.29, 1.82) is 5.26 Å². The van der Waals surface area contributed by atoms with Crippen LogP contribution in [0.1, 0.15) is 5.56 Å². The Bertz CT molecular complexity index is 1570. The standard InChI is InChI=1S/C26H18ClN3O3S/c1-33-20-13-11-18(12-14-20)29-24(31)21(16-28)26-30(19-8-3-2-4-9-19)25(32)23(34-26)15-17-7-5-6-10-22(17)27/h2-15H,1H3,(H,29,31). The van der Waals surface area contributed by atoms with Gasteiger partial charge >= 0.3 is 0 Å². The smallest absolute Gasteiger partial charge is 0.273 e. The third kappa shape index (κ3) is 4.79. The number of para-hydroxylation sites is 1. The van der Waals surface area contributed by atoms with Gasteiger partial charge in [-0.15, -0.1) is 11.3 Å². The summed E-state index contributed by atoms with van der Waals surface area (Å²) in [6, 6.07) is 24.7. The van der Waals surface area contributed by atoms with E-state index in [9.17, 15) is 14.9 Å². The zero-order chi connectivity index (χ0) is 24.1. The fourth-order valence-corrected chi connectivity index (χ4v) is 4.54. The highest BCUT2D eigenvalue weighted by Crippen LogP contribution is 2.17. The first-order valence-electron chi connectivity index (χ1n) is 10.1. The van der Waals surface area contributed by atoms with Crippen LogP contribution < -0.4 is 24.8 Å². The summed E-state index contributed by atoms with van der Waals surface area (Å²) in [6.07, 6.45) is 1.66. The summed E-state index contributed by atoms with van der Waals surface area (Å²) in [5, 5.41) is 13.1. The summed E-state index contributed by atoms with van der Waals surface area (Å²) < 4.78 is 7.07. The average molecular weight is 488 g/mol. The maximum Gasteiger partial charge on any atom is 0.273 e. The minimum atomic E-state index is -0.622. The van der Waals surface area contributed by atoms with Gasteiger partial charge in [0.05, 0.1) is 17.3 Å². The summed E-state index contributed by atoms with van der Waals surface area (Å²) in [5.41, 5.74) is 1.17. The van der Waals surface area contributed by atoms with E-state index >= 15 is 0 Å². The molecule has 0 spiro atoms. The maximum absolute atomic E-state index is 13.4. The first kappa shape index (κ1) is 23.1. The van der Waals surface area contributed by atoms with Crippen molar-refractivity contribution in [3.05, 3.63) is 109 Å². The number of anilines is 1. The zero-order valence-corrected chi connectivity index (χ0v) is 19.6. The molecular weight excluding hydrogens is 470 g/mol. The molecule has 1 N–H and O–H groups in total. The van der Waals surface area contributed by atoms with Crippen molar-refractivity contribution in [3.63, 3.8) is 0 Å². The van der Waals surface area contributed by atoms with Crippen molar-refractivity contribution >= 4 is 46.2 Å². The molecule has 34 heavy (non-hydrogen) atoms. The van der Waals surface area contributed by atoms with Crippen molar-refractivity contribution in [3.8, 4) is 17.5 Å². The van der Waals surface area contributed by atoms with E-state index in [0.29, 0.717) is 32.2 Å². The number of hydrogen-bond donors (Lipinski definition) is 1. The van der Waals surface area contributed by atoms with Gasteiger partial charge in [-0.05, 0) is 54.1 Å². The number of nitrogens with zero attached hydrogens (tertiary/aromatic N) is 2. The second-order valence-electron chi connectivity index (χ2n) is 7.08. The minimum Gasteiger partial charge on any atom is -0.497 e. The number of ether oxygens (including phenoxy) is 1. The molecule has 0 unspecified atom stereocenters. The Morgan fingerprint density at radius 2 is 1.74 bits per heavy atom. The van der Waals surface area contributed by atoms with Crippen molar-refractivity contribution < 1.29 is 9.53 Å². The van der Waals surface area contributed by atoms with Crippen LogP contribution in [0.5, 0.6) is 5.75 Å². The van der Waals surface area contributed by atoms with Crippen LogP contribution in [0.2, 0.25) is 5.02 Å². The number of nitriles is 1. The first-order chi connectivity index (χ1) is 16.5. The summed E-state index contributed by atoms with van der Waals surface area (Å²) in [7, 11) is 1.55. The predicted octanol–water partition coefficient (Wildman–Crippen LogP) is 3.70. The van der Waals surface area contributed by atoms with Crippen LogP contribution in [0.3, 0.4) is 0 Å². The first-order valence-corrected chi connectivity index (χ1v) is 11.3. The number of carbonyl (C=O) groups excluding carboxylic acids is 1. The third-order valence-electron chi connectivity index (χ3n) is 4.93. The molecule has 0 atom stereocenters. The molecule has 1 heterocycles. The monoisotopic (exact) mass is 487 g/mol. The van der Waals surface area contributed by atoms with Crippen molar-refractivity contribution in [1.82, 2.24) is 4.57 Å². The Morgan fingerprint density at radius 3 is 2.38 bits per heavy atom. The van der Waals surface area contributed by atoms with Gasteiger partial charge in [-0.3, -0.25) is 14.2 Å². The van der Waals surface area contributed by atoms with Crippen molar-refractivity contribution in [2.24, 2.45) is 0 Å². The van der Waals surface area contributed by atoms with Crippen LogP contribution >= 0.6 is 22.9 Å². The number of methoxy groups -OCH3 is 1. The highest BCUT2D eigenvalue weighted by Gasteiger charge is 2.17. The summed E-state index contributed by atoms with van der Waals surface area (Å²) in [4.78, 5) is 26.5. The van der Waals surface area contributed by atoms with Gasteiger partial charge in [-0.1, -0.05) is 48.0 Å². The molecule has 1 aromatic heterocycles. The van der Waals surface area contributed by atoms with Crippen LogP contribution in [0.4, 0.5) is 5.69 Å². The van der Waals surface area contributed by atoms with Crippen LogP contribution in [-0.2, 0) is 4.79 Å². The summed E-state index contributed by atoms with van der Waals surface area (Å²) in [6.45, 7) is 0. The van der Waals surface area contributed by atoms with Crippen LogP contribution in [-0.4, -0.2) is 17.6 Å². The lowest BCUT2D eigenvalue weighted by Crippen LogP contribution is -2.32. The number of amides is 1. The molecule has 0 bridgehead atoms. The van der Waals surface area contributed by atoms with E-state index in [1.54, 1.807) is 79.9 Å². The zero-order valence-electron chi connectivity index (χ0n) is 18.0. The molecule has 0 aliphatic carbocycles. The largest absolute Gasteiger partial charge is 0.497 e. The summed E-state index contributed by atoms with van der Waals surface area (Å²) in [5.74, 6) is 0.0151. The SMILES string of the molecule is COc1ccc(NC(=O)C(C#N)=c2sc(=Cc3ccccc3Cl)c(=O)n2-c2ccccc2)cc1. The molecule has 168 valence electrons. The van der Waals surface area contributed by atoms with E-state index in [2.05, 4.69) is 5.32 Å². The van der Waals surface area contributed by atoms with Gasteiger partial charge in [0.1, 0.15) is 16.5 Å². The molecular formula is C26H18ClN3O3S. The number of benzene rings is 3. The Hall–Kier alpha value is -4.12. The van der Waals surface area contributed by atoms with Gasteiger partial charge in [-0.2, -0.15) is 5.26 Å². The van der Waals surface area contributed by atoms with E-state index in [1.165, 1.54) is 4.57 Å². The van der Waals surface area contributed by atoms with Gasteiger partial charge in [-0.25, -0.2) is 0 Å². The normalized spacial score (nSPS) is 12.1. The molecule has 0 saturated heterocycles. The molecule has 8 heteroatoms. The van der Waals surface area contributed by atoms with Gasteiger partial charge in [0.2, 0.25) is 0 Å². The number of thiazole rings is 1. The molecule has 0 fully saturated rings. The second kappa shape index (κ2) is 10.2. The lowest BCUT2D eigenvalue weighted by molar-refractivity contribution is -0.111. The van der Waals surface area contributed by atoms with E-state index in [-0.39, 0.29) is 15.8 Å². The highest BCUT2D eigenvalue weighted by atomic mass is 35.5. The molecule has 3 aromatic carbocycles. The van der Waals surface area contributed by atoms with Gasteiger partial charge in [0.15, 0.2) is 5.57 Å². The number of halogens is 1. The van der Waals surface area contributed by atoms with E-state index < -0.39 is 5.91 Å². The fourth-order valence-electron chi connectivity index (χ4n) is 3.26. The Labute approximate surface area is 204 Å². The number of hydrogen-bond acceptors (Lipinski definition) is 5. The van der Waals surface area contributed by atoms with Gasteiger partial charge in [0, 0.05) is 10.7 Å². The Kier molecular flexibility index (Phi) is 6.93. The number of aromatic nitrogens is 1. The maximum atomic E-state index is 13.4. The molecule has 0 saturated carbocycles. The fraction of sp³-hybridized carbons (Fsp3) is 0.0385. The number of nitrogens with one attached hydrogen (secondary N) is 1.